The van der Waals surface area contributed by atoms with E-state index in [1.807, 2.05) is 0 Å². The maximum atomic E-state index is 9.75. The quantitative estimate of drug-likeness (QED) is 0.239. The highest BCUT2D eigenvalue weighted by Crippen LogP contribution is 1.60. The molecule has 4 nitrogen and oxygen atoms in total. The van der Waals surface area contributed by atoms with Crippen LogP contribution in [0.25, 0.3) is 0 Å². The minimum atomic E-state index is -1.06. The second-order valence-corrected chi connectivity index (χ2v) is 1.25. The summed E-state index contributed by atoms with van der Waals surface area (Å²) in [5, 5.41) is 11.3. The molecule has 0 radical (unpaired) electrons. The molecule has 9 heavy (non-hydrogen) atoms. The molecule has 4 heteroatoms. The van der Waals surface area contributed by atoms with Crippen molar-refractivity contribution in [2.75, 3.05) is 6.54 Å². The third kappa shape index (κ3) is 6.68. The van der Waals surface area contributed by atoms with E-state index in [4.69, 9.17) is 5.11 Å². The number of rotatable bonds is 4. The SMILES string of the molecule is C=CCNN=CC(=O)O. The molecule has 2 N–H and O–H groups in total. The number of carboxylic acid groups (broad SMARTS) is 1. The molecule has 0 saturated heterocycles. The van der Waals surface area contributed by atoms with Crippen molar-refractivity contribution in [1.82, 2.24) is 5.43 Å². The first kappa shape index (κ1) is 7.68. The van der Waals surface area contributed by atoms with E-state index in [2.05, 4.69) is 17.1 Å². The van der Waals surface area contributed by atoms with Crippen molar-refractivity contribution in [3.05, 3.63) is 12.7 Å². The smallest absolute Gasteiger partial charge is 0.348 e. The van der Waals surface area contributed by atoms with E-state index in [0.29, 0.717) is 6.54 Å². The lowest BCUT2D eigenvalue weighted by molar-refractivity contribution is -0.128. The summed E-state index contributed by atoms with van der Waals surface area (Å²) in [4.78, 5) is 9.75. The van der Waals surface area contributed by atoms with Crippen molar-refractivity contribution >= 4 is 12.2 Å². The first-order chi connectivity index (χ1) is 4.27. The Balaban J connectivity index is 3.24. The molecule has 0 amide bonds. The summed E-state index contributed by atoms with van der Waals surface area (Å²) in [6.45, 7) is 3.87. The molecular formula is C5H8N2O2. The summed E-state index contributed by atoms with van der Waals surface area (Å²) in [7, 11) is 0. The molecule has 0 fully saturated rings. The summed E-state index contributed by atoms with van der Waals surface area (Å²) in [6, 6.07) is 0. The first-order valence-electron chi connectivity index (χ1n) is 2.37. The maximum Gasteiger partial charge on any atom is 0.348 e. The number of nitrogens with one attached hydrogen (secondary N) is 1. The third-order valence-corrected chi connectivity index (χ3v) is 0.502. The zero-order chi connectivity index (χ0) is 7.11. The van der Waals surface area contributed by atoms with Gasteiger partial charge in [0, 0.05) is 0 Å². The van der Waals surface area contributed by atoms with Gasteiger partial charge in [-0.3, -0.25) is 0 Å². The van der Waals surface area contributed by atoms with Gasteiger partial charge in [0.2, 0.25) is 0 Å². The van der Waals surface area contributed by atoms with Gasteiger partial charge in [0.25, 0.3) is 0 Å². The largest absolute Gasteiger partial charge is 0.477 e. The van der Waals surface area contributed by atoms with Crippen LogP contribution in [0.4, 0.5) is 0 Å². The Kier molecular flexibility index (Phi) is 4.12. The van der Waals surface area contributed by atoms with E-state index in [1.54, 1.807) is 6.08 Å². The van der Waals surface area contributed by atoms with Crippen LogP contribution in [0.1, 0.15) is 0 Å². The van der Waals surface area contributed by atoms with Gasteiger partial charge in [-0.15, -0.1) is 6.58 Å². The summed E-state index contributed by atoms with van der Waals surface area (Å²) < 4.78 is 0. The van der Waals surface area contributed by atoms with Gasteiger partial charge in [-0.2, -0.15) is 5.10 Å². The predicted octanol–water partition coefficient (Wildman–Crippen LogP) is -0.168. The minimum Gasteiger partial charge on any atom is -0.477 e. The Morgan fingerprint density at radius 1 is 1.89 bits per heavy atom. The fraction of sp³-hybridized carbons (Fsp3) is 0.200. The lowest BCUT2D eigenvalue weighted by atomic mass is 10.7. The Morgan fingerprint density at radius 2 is 2.56 bits per heavy atom. The molecule has 0 bridgehead atoms. The average Bonchev–Trinajstić information content (AvgIpc) is 1.80. The van der Waals surface area contributed by atoms with Crippen LogP contribution in [0.3, 0.4) is 0 Å². The number of hydrazone groups is 1. The highest BCUT2D eigenvalue weighted by molar-refractivity contribution is 6.21. The highest BCUT2D eigenvalue weighted by atomic mass is 16.4. The van der Waals surface area contributed by atoms with E-state index in [9.17, 15) is 4.79 Å². The zero-order valence-corrected chi connectivity index (χ0v) is 4.87. The first-order valence-corrected chi connectivity index (χ1v) is 2.37. The van der Waals surface area contributed by atoms with E-state index in [0.717, 1.165) is 6.21 Å². The van der Waals surface area contributed by atoms with Crippen molar-refractivity contribution in [3.63, 3.8) is 0 Å². The number of aliphatic carboxylic acids is 1. The maximum absolute atomic E-state index is 9.75. The van der Waals surface area contributed by atoms with Crippen molar-refractivity contribution in [1.29, 1.82) is 0 Å². The average molecular weight is 128 g/mol. The zero-order valence-electron chi connectivity index (χ0n) is 4.87. The topological polar surface area (TPSA) is 61.7 Å². The van der Waals surface area contributed by atoms with Crippen LogP contribution >= 0.6 is 0 Å². The molecule has 0 aromatic heterocycles. The van der Waals surface area contributed by atoms with Crippen LogP contribution in [0, 0.1) is 0 Å². The Morgan fingerprint density at radius 3 is 3.00 bits per heavy atom. The molecule has 0 rings (SSSR count). The molecule has 0 aliphatic carbocycles. The summed E-state index contributed by atoms with van der Waals surface area (Å²) in [5.41, 5.74) is 2.44. The monoisotopic (exact) mass is 128 g/mol. The van der Waals surface area contributed by atoms with Crippen LogP contribution in [-0.4, -0.2) is 23.8 Å². The molecule has 0 saturated carbocycles. The van der Waals surface area contributed by atoms with E-state index in [1.165, 1.54) is 0 Å². The number of carbonyl (C=O) groups is 1. The second-order valence-electron chi connectivity index (χ2n) is 1.25. The van der Waals surface area contributed by atoms with E-state index in [-0.39, 0.29) is 0 Å². The lowest BCUT2D eigenvalue weighted by Gasteiger charge is -1.88. The van der Waals surface area contributed by atoms with Crippen molar-refractivity contribution in [2.45, 2.75) is 0 Å². The molecule has 0 aliphatic rings. The van der Waals surface area contributed by atoms with Gasteiger partial charge in [0.1, 0.15) is 6.21 Å². The third-order valence-electron chi connectivity index (χ3n) is 0.502. The van der Waals surface area contributed by atoms with E-state index >= 15 is 0 Å². The van der Waals surface area contributed by atoms with Crippen LogP contribution in [0.15, 0.2) is 17.8 Å². The fourth-order valence-electron chi connectivity index (χ4n) is 0.218. The highest BCUT2D eigenvalue weighted by Gasteiger charge is 1.82. The van der Waals surface area contributed by atoms with Crippen LogP contribution < -0.4 is 5.43 Å². The fourth-order valence-corrected chi connectivity index (χ4v) is 0.218. The lowest BCUT2D eigenvalue weighted by Crippen LogP contribution is -2.07. The molecule has 50 valence electrons. The number of hydrogen-bond acceptors (Lipinski definition) is 3. The molecule has 0 aromatic carbocycles. The second kappa shape index (κ2) is 4.83. The molecular weight excluding hydrogens is 120 g/mol. The summed E-state index contributed by atoms with van der Waals surface area (Å²) >= 11 is 0. The molecule has 0 unspecified atom stereocenters. The summed E-state index contributed by atoms with van der Waals surface area (Å²) in [5.74, 6) is -1.06. The van der Waals surface area contributed by atoms with Crippen LogP contribution in [0.2, 0.25) is 0 Å². The van der Waals surface area contributed by atoms with Gasteiger partial charge in [0.15, 0.2) is 0 Å². The Bertz CT molecular complexity index is 131. The number of carboxylic acids is 1. The molecule has 0 aliphatic heterocycles. The van der Waals surface area contributed by atoms with Crippen LogP contribution in [0.5, 0.6) is 0 Å². The van der Waals surface area contributed by atoms with Gasteiger partial charge < -0.3 is 10.5 Å². The van der Waals surface area contributed by atoms with Crippen molar-refractivity contribution in [3.8, 4) is 0 Å². The Hall–Kier alpha value is -1.32. The molecule has 0 spiro atoms. The minimum absolute atomic E-state index is 0.476. The number of nitrogens with zero attached hydrogens (tertiary/aromatic N) is 1. The van der Waals surface area contributed by atoms with Gasteiger partial charge in [0.05, 0.1) is 6.54 Å². The summed E-state index contributed by atoms with van der Waals surface area (Å²) in [6.07, 6.45) is 2.36. The van der Waals surface area contributed by atoms with E-state index < -0.39 is 5.97 Å². The van der Waals surface area contributed by atoms with Crippen molar-refractivity contribution in [2.24, 2.45) is 5.10 Å². The number of hydrogen-bond donors (Lipinski definition) is 2. The van der Waals surface area contributed by atoms with Crippen molar-refractivity contribution < 1.29 is 9.90 Å². The van der Waals surface area contributed by atoms with Gasteiger partial charge >= 0.3 is 5.97 Å². The molecule has 0 heterocycles. The van der Waals surface area contributed by atoms with Crippen LogP contribution in [-0.2, 0) is 4.79 Å². The molecule has 0 atom stereocenters. The predicted molar refractivity (Wildman–Crippen MR) is 34.3 cm³/mol. The normalized spacial score (nSPS) is 9.33. The standard InChI is InChI=1S/C5H8N2O2/c1-2-3-6-7-4-5(8)9/h2,4,6H,1,3H2,(H,8,9). The van der Waals surface area contributed by atoms with Gasteiger partial charge in [-0.1, -0.05) is 6.08 Å². The van der Waals surface area contributed by atoms with Gasteiger partial charge in [-0.25, -0.2) is 4.79 Å². The van der Waals surface area contributed by atoms with Gasteiger partial charge in [-0.05, 0) is 0 Å². The molecule has 0 aromatic rings. The Labute approximate surface area is 52.9 Å².